The minimum Gasteiger partial charge on any atom is -0.507 e. The minimum absolute atomic E-state index is 0.0180. The number of hydrogen-bond donors (Lipinski definition) is 2. The number of rotatable bonds is 2. The highest BCUT2D eigenvalue weighted by molar-refractivity contribution is 6.64. The third-order valence-electron chi connectivity index (χ3n) is 1.76. The van der Waals surface area contributed by atoms with E-state index in [2.05, 4.69) is 0 Å². The summed E-state index contributed by atoms with van der Waals surface area (Å²) in [6.45, 7) is -3.46. The highest BCUT2D eigenvalue weighted by atomic mass is 19.4. The van der Waals surface area contributed by atoms with Gasteiger partial charge in [0.05, 0.1) is 5.56 Å². The van der Waals surface area contributed by atoms with Gasteiger partial charge in [0.25, 0.3) is 0 Å². The molecule has 0 radical (unpaired) electrons. The van der Waals surface area contributed by atoms with Gasteiger partial charge in [-0.3, -0.25) is 0 Å². The van der Waals surface area contributed by atoms with Gasteiger partial charge in [-0.05, 0) is 24.6 Å². The molecule has 0 bridgehead atoms. The van der Waals surface area contributed by atoms with E-state index >= 15 is 0 Å². The number of phenolic OH excluding ortho intramolecular Hbond substituents is 2. The lowest BCUT2D eigenvalue weighted by Gasteiger charge is -2.08. The number of phenols is 2. The Labute approximate surface area is 84.7 Å². The van der Waals surface area contributed by atoms with Crippen LogP contribution in [0.25, 0.3) is 6.08 Å². The monoisotopic (exact) mass is 217 g/mol. The Hall–Kier alpha value is -1.59. The molecule has 0 aliphatic carbocycles. The standard InChI is InChI=1S/C9H9BF3O2/c1-6-4-8(14)7(9(15)5-6)2-3-10(11,12)13/h2-5,14-15H,1H3/q-1/b3-2+. The quantitative estimate of drug-likeness (QED) is 0.747. The molecule has 0 atom stereocenters. The molecule has 82 valence electrons. The molecule has 0 saturated heterocycles. The number of benzene rings is 1. The maximum Gasteiger partial charge on any atom is 0.502 e. The number of aryl methyl sites for hydroxylation is 1. The van der Waals surface area contributed by atoms with Crippen molar-refractivity contribution in [1.82, 2.24) is 0 Å². The number of hydrogen-bond acceptors (Lipinski definition) is 2. The Bertz CT molecular complexity index is 376. The van der Waals surface area contributed by atoms with Gasteiger partial charge in [-0.25, -0.2) is 0 Å². The minimum atomic E-state index is -5.07. The van der Waals surface area contributed by atoms with Gasteiger partial charge >= 0.3 is 6.98 Å². The van der Waals surface area contributed by atoms with Crippen molar-refractivity contribution in [3.63, 3.8) is 0 Å². The second-order valence-corrected chi connectivity index (χ2v) is 3.20. The van der Waals surface area contributed by atoms with Gasteiger partial charge in [-0.2, -0.15) is 0 Å². The summed E-state index contributed by atoms with van der Waals surface area (Å²) in [6.07, 6.45) is 0.657. The molecule has 0 aromatic heterocycles. The fourth-order valence-electron chi connectivity index (χ4n) is 1.14. The van der Waals surface area contributed by atoms with Crippen molar-refractivity contribution in [2.45, 2.75) is 6.92 Å². The molecule has 0 fully saturated rings. The van der Waals surface area contributed by atoms with Crippen LogP contribution in [0.3, 0.4) is 0 Å². The average molecular weight is 217 g/mol. The second-order valence-electron chi connectivity index (χ2n) is 3.20. The molecule has 1 aromatic rings. The van der Waals surface area contributed by atoms with E-state index in [0.29, 0.717) is 11.6 Å². The smallest absolute Gasteiger partial charge is 0.502 e. The summed E-state index contributed by atoms with van der Waals surface area (Å²) in [4.78, 5) is 0. The topological polar surface area (TPSA) is 40.5 Å². The zero-order valence-electron chi connectivity index (χ0n) is 7.92. The third kappa shape index (κ3) is 3.23. The van der Waals surface area contributed by atoms with Crippen molar-refractivity contribution in [1.29, 1.82) is 0 Å². The van der Waals surface area contributed by atoms with Crippen molar-refractivity contribution in [2.75, 3.05) is 0 Å². The van der Waals surface area contributed by atoms with E-state index < -0.39 is 6.98 Å². The molecule has 0 aliphatic heterocycles. The molecule has 2 nitrogen and oxygen atoms in total. The van der Waals surface area contributed by atoms with Crippen LogP contribution in [0.2, 0.25) is 0 Å². The van der Waals surface area contributed by atoms with Gasteiger partial charge in [-0.15, -0.1) is 5.98 Å². The summed E-state index contributed by atoms with van der Waals surface area (Å²) in [6, 6.07) is 2.56. The first-order chi connectivity index (χ1) is 6.79. The summed E-state index contributed by atoms with van der Waals surface area (Å²) in [5, 5.41) is 18.6. The number of aromatic hydroxyl groups is 2. The Morgan fingerprint density at radius 1 is 1.13 bits per heavy atom. The first kappa shape index (κ1) is 11.5. The van der Waals surface area contributed by atoms with E-state index in [1.54, 1.807) is 6.92 Å². The van der Waals surface area contributed by atoms with Gasteiger partial charge < -0.3 is 23.2 Å². The molecule has 0 unspecified atom stereocenters. The maximum atomic E-state index is 11.9. The summed E-state index contributed by atoms with van der Waals surface area (Å²) < 4.78 is 35.7. The zero-order valence-corrected chi connectivity index (χ0v) is 7.92. The summed E-state index contributed by atoms with van der Waals surface area (Å²) in [5.74, 6) is -0.725. The predicted octanol–water partition coefficient (Wildman–Crippen LogP) is 2.81. The number of halogens is 3. The van der Waals surface area contributed by atoms with Gasteiger partial charge in [0.1, 0.15) is 11.5 Å². The van der Waals surface area contributed by atoms with E-state index in [-0.39, 0.29) is 23.0 Å². The third-order valence-corrected chi connectivity index (χ3v) is 1.76. The van der Waals surface area contributed by atoms with E-state index in [1.807, 2.05) is 0 Å². The van der Waals surface area contributed by atoms with Gasteiger partial charge in [0.2, 0.25) is 0 Å². The van der Waals surface area contributed by atoms with Crippen LogP contribution in [0.1, 0.15) is 11.1 Å². The molecule has 2 N–H and O–H groups in total. The molecule has 0 spiro atoms. The Morgan fingerprint density at radius 2 is 1.60 bits per heavy atom. The highest BCUT2D eigenvalue weighted by Gasteiger charge is 2.18. The lowest BCUT2D eigenvalue weighted by Crippen LogP contribution is -2.09. The molecule has 1 rings (SSSR count). The van der Waals surface area contributed by atoms with E-state index in [4.69, 9.17) is 0 Å². The average Bonchev–Trinajstić information content (AvgIpc) is 1.99. The van der Waals surface area contributed by atoms with Crippen LogP contribution in [0.15, 0.2) is 18.1 Å². The van der Waals surface area contributed by atoms with Crippen molar-refractivity contribution >= 4 is 13.1 Å². The molecule has 0 saturated carbocycles. The van der Waals surface area contributed by atoms with Crippen molar-refractivity contribution < 1.29 is 23.2 Å². The summed E-state index contributed by atoms with van der Waals surface area (Å²) in [5.41, 5.74) is 0.347. The maximum absolute atomic E-state index is 11.9. The van der Waals surface area contributed by atoms with Crippen LogP contribution in [-0.2, 0) is 0 Å². The van der Waals surface area contributed by atoms with Crippen LogP contribution in [0.4, 0.5) is 12.9 Å². The normalized spacial score (nSPS) is 12.3. The highest BCUT2D eigenvalue weighted by Crippen LogP contribution is 2.30. The van der Waals surface area contributed by atoms with E-state index in [1.165, 1.54) is 12.1 Å². The first-order valence-corrected chi connectivity index (χ1v) is 4.21. The van der Waals surface area contributed by atoms with Crippen molar-refractivity contribution in [3.8, 4) is 11.5 Å². The SMILES string of the molecule is Cc1cc(O)c(/C=C/[B-](F)(F)F)c(O)c1. The van der Waals surface area contributed by atoms with Crippen molar-refractivity contribution in [3.05, 3.63) is 29.2 Å². The van der Waals surface area contributed by atoms with Crippen LogP contribution < -0.4 is 0 Å². The molecule has 0 aliphatic rings. The van der Waals surface area contributed by atoms with Crippen LogP contribution in [0.5, 0.6) is 11.5 Å². The molecule has 0 heterocycles. The first-order valence-electron chi connectivity index (χ1n) is 4.21. The van der Waals surface area contributed by atoms with Crippen molar-refractivity contribution in [2.24, 2.45) is 0 Å². The van der Waals surface area contributed by atoms with Gasteiger partial charge in [0.15, 0.2) is 0 Å². The van der Waals surface area contributed by atoms with Gasteiger partial charge in [-0.1, -0.05) is 6.08 Å². The predicted molar refractivity (Wildman–Crippen MR) is 52.6 cm³/mol. The lowest BCUT2D eigenvalue weighted by molar-refractivity contribution is 0.447. The molecule has 6 heteroatoms. The molecular weight excluding hydrogens is 208 g/mol. The molecular formula is C9H9BF3O2-. The van der Waals surface area contributed by atoms with Crippen LogP contribution in [-0.4, -0.2) is 17.2 Å². The summed E-state index contributed by atoms with van der Waals surface area (Å²) >= 11 is 0. The zero-order chi connectivity index (χ0) is 11.6. The Balaban J connectivity index is 3.11. The van der Waals surface area contributed by atoms with E-state index in [9.17, 15) is 23.2 Å². The Morgan fingerprint density at radius 3 is 2.00 bits per heavy atom. The Kier molecular flexibility index (Phi) is 2.97. The van der Waals surface area contributed by atoms with Crippen LogP contribution >= 0.6 is 0 Å². The molecule has 15 heavy (non-hydrogen) atoms. The largest absolute Gasteiger partial charge is 0.507 e. The second kappa shape index (κ2) is 3.88. The van der Waals surface area contributed by atoms with Crippen LogP contribution in [0, 0.1) is 6.92 Å². The fraction of sp³-hybridized carbons (Fsp3) is 0.111. The summed E-state index contributed by atoms with van der Waals surface area (Å²) in [7, 11) is 0. The molecule has 0 amide bonds. The lowest BCUT2D eigenvalue weighted by atomic mass is 9.90. The molecule has 1 aromatic carbocycles. The van der Waals surface area contributed by atoms with Gasteiger partial charge in [0, 0.05) is 0 Å². The fourth-order valence-corrected chi connectivity index (χ4v) is 1.14. The van der Waals surface area contributed by atoms with E-state index in [0.717, 1.165) is 0 Å².